The summed E-state index contributed by atoms with van der Waals surface area (Å²) in [5.41, 5.74) is 2.98. The molecule has 0 aliphatic carbocycles. The molecule has 0 bridgehead atoms. The highest BCUT2D eigenvalue weighted by Gasteiger charge is 2.15. The molecular formula is C27H31NO5. The topological polar surface area (TPSA) is 66.0 Å². The standard InChI is InChI=1S/C27H31NO5/c1-6-32-24-14-11-19(27(29)28-23-13-12-21(30-4)16-26(23)31-5)15-20(24)17-33-25-10-8-7-9-22(25)18(2)3/h7-16,18H,6,17H2,1-5H3,(H,28,29). The maximum Gasteiger partial charge on any atom is 0.255 e. The van der Waals surface area contributed by atoms with E-state index in [4.69, 9.17) is 18.9 Å². The van der Waals surface area contributed by atoms with E-state index < -0.39 is 0 Å². The van der Waals surface area contributed by atoms with Crippen molar-refractivity contribution in [2.75, 3.05) is 26.1 Å². The minimum Gasteiger partial charge on any atom is -0.497 e. The summed E-state index contributed by atoms with van der Waals surface area (Å²) in [6.45, 7) is 6.99. The largest absolute Gasteiger partial charge is 0.497 e. The van der Waals surface area contributed by atoms with E-state index in [9.17, 15) is 4.79 Å². The van der Waals surface area contributed by atoms with Crippen LogP contribution in [0.3, 0.4) is 0 Å². The monoisotopic (exact) mass is 449 g/mol. The molecule has 0 saturated heterocycles. The first-order valence-corrected chi connectivity index (χ1v) is 11.0. The van der Waals surface area contributed by atoms with E-state index >= 15 is 0 Å². The number of anilines is 1. The van der Waals surface area contributed by atoms with E-state index in [1.54, 1.807) is 50.6 Å². The lowest BCUT2D eigenvalue weighted by Gasteiger charge is -2.17. The number of carbonyl (C=O) groups is 1. The molecule has 3 aromatic carbocycles. The fourth-order valence-corrected chi connectivity index (χ4v) is 3.47. The van der Waals surface area contributed by atoms with Crippen molar-refractivity contribution in [2.45, 2.75) is 33.3 Å². The molecule has 0 aliphatic rings. The normalized spacial score (nSPS) is 10.6. The molecule has 0 fully saturated rings. The van der Waals surface area contributed by atoms with Gasteiger partial charge in [-0.25, -0.2) is 0 Å². The zero-order valence-electron chi connectivity index (χ0n) is 19.8. The van der Waals surface area contributed by atoms with E-state index in [0.717, 1.165) is 16.9 Å². The fourth-order valence-electron chi connectivity index (χ4n) is 3.47. The van der Waals surface area contributed by atoms with Crippen LogP contribution in [0.25, 0.3) is 0 Å². The first kappa shape index (κ1) is 24.0. The van der Waals surface area contributed by atoms with Crippen LogP contribution in [0.15, 0.2) is 60.7 Å². The highest BCUT2D eigenvalue weighted by atomic mass is 16.5. The van der Waals surface area contributed by atoms with Crippen LogP contribution in [-0.4, -0.2) is 26.7 Å². The predicted octanol–water partition coefficient (Wildman–Crippen LogP) is 6.06. The van der Waals surface area contributed by atoms with Crippen molar-refractivity contribution in [2.24, 2.45) is 0 Å². The number of para-hydroxylation sites is 1. The van der Waals surface area contributed by atoms with Gasteiger partial charge in [0, 0.05) is 17.2 Å². The lowest BCUT2D eigenvalue weighted by molar-refractivity contribution is 0.102. The highest BCUT2D eigenvalue weighted by Crippen LogP contribution is 2.31. The summed E-state index contributed by atoms with van der Waals surface area (Å²) >= 11 is 0. The summed E-state index contributed by atoms with van der Waals surface area (Å²) in [5, 5.41) is 2.90. The van der Waals surface area contributed by atoms with Crippen LogP contribution in [0.5, 0.6) is 23.0 Å². The van der Waals surface area contributed by atoms with Crippen LogP contribution >= 0.6 is 0 Å². The average molecular weight is 450 g/mol. The Labute approximate surface area is 195 Å². The van der Waals surface area contributed by atoms with Crippen LogP contribution in [0, 0.1) is 0 Å². The Kier molecular flexibility index (Phi) is 8.19. The molecule has 1 N–H and O–H groups in total. The van der Waals surface area contributed by atoms with Crippen molar-refractivity contribution in [3.63, 3.8) is 0 Å². The number of methoxy groups -OCH3 is 2. The molecule has 6 heteroatoms. The van der Waals surface area contributed by atoms with Gasteiger partial charge in [0.25, 0.3) is 5.91 Å². The number of hydrogen-bond acceptors (Lipinski definition) is 5. The molecule has 33 heavy (non-hydrogen) atoms. The Hall–Kier alpha value is -3.67. The van der Waals surface area contributed by atoms with Gasteiger partial charge in [-0.05, 0) is 54.8 Å². The van der Waals surface area contributed by atoms with E-state index in [0.29, 0.717) is 41.0 Å². The average Bonchev–Trinajstić information content (AvgIpc) is 2.83. The van der Waals surface area contributed by atoms with Crippen molar-refractivity contribution in [1.82, 2.24) is 0 Å². The molecule has 1 amide bonds. The van der Waals surface area contributed by atoms with E-state index in [2.05, 4.69) is 25.2 Å². The van der Waals surface area contributed by atoms with Crippen LogP contribution in [0.4, 0.5) is 5.69 Å². The van der Waals surface area contributed by atoms with Gasteiger partial charge in [-0.1, -0.05) is 32.0 Å². The van der Waals surface area contributed by atoms with Gasteiger partial charge >= 0.3 is 0 Å². The third kappa shape index (κ3) is 5.98. The molecule has 6 nitrogen and oxygen atoms in total. The molecule has 0 unspecified atom stereocenters. The van der Waals surface area contributed by atoms with Crippen LogP contribution in [0.2, 0.25) is 0 Å². The summed E-state index contributed by atoms with van der Waals surface area (Å²) in [6.07, 6.45) is 0. The molecule has 0 saturated carbocycles. The minimum absolute atomic E-state index is 0.259. The summed E-state index contributed by atoms with van der Waals surface area (Å²) in [7, 11) is 3.13. The number of ether oxygens (including phenoxy) is 4. The summed E-state index contributed by atoms with van der Waals surface area (Å²) in [5.74, 6) is 2.76. The van der Waals surface area contributed by atoms with Crippen LogP contribution in [0.1, 0.15) is 48.2 Å². The van der Waals surface area contributed by atoms with Gasteiger partial charge in [-0.15, -0.1) is 0 Å². The molecule has 0 aromatic heterocycles. The van der Waals surface area contributed by atoms with Crippen molar-refractivity contribution in [3.05, 3.63) is 77.4 Å². The Morgan fingerprint density at radius 1 is 0.879 bits per heavy atom. The second-order valence-corrected chi connectivity index (χ2v) is 7.76. The molecule has 0 spiro atoms. The Balaban J connectivity index is 1.83. The number of hydrogen-bond donors (Lipinski definition) is 1. The molecule has 0 heterocycles. The quantitative estimate of drug-likeness (QED) is 0.408. The van der Waals surface area contributed by atoms with Crippen LogP contribution < -0.4 is 24.3 Å². The molecule has 174 valence electrons. The zero-order chi connectivity index (χ0) is 23.8. The first-order chi connectivity index (χ1) is 16.0. The maximum absolute atomic E-state index is 13.0. The lowest BCUT2D eigenvalue weighted by Crippen LogP contribution is -2.14. The lowest BCUT2D eigenvalue weighted by atomic mass is 10.0. The fraction of sp³-hybridized carbons (Fsp3) is 0.296. The third-order valence-corrected chi connectivity index (χ3v) is 5.20. The smallest absolute Gasteiger partial charge is 0.255 e. The Morgan fingerprint density at radius 3 is 2.36 bits per heavy atom. The number of rotatable bonds is 10. The van der Waals surface area contributed by atoms with Gasteiger partial charge in [-0.2, -0.15) is 0 Å². The number of benzene rings is 3. The van der Waals surface area contributed by atoms with Gasteiger partial charge in [0.2, 0.25) is 0 Å². The van der Waals surface area contributed by atoms with Gasteiger partial charge in [-0.3, -0.25) is 4.79 Å². The summed E-state index contributed by atoms with van der Waals surface area (Å²) in [6, 6.07) is 18.6. The van der Waals surface area contributed by atoms with Crippen molar-refractivity contribution in [1.29, 1.82) is 0 Å². The molecule has 0 atom stereocenters. The highest BCUT2D eigenvalue weighted by molar-refractivity contribution is 6.05. The van der Waals surface area contributed by atoms with E-state index in [1.165, 1.54) is 0 Å². The second-order valence-electron chi connectivity index (χ2n) is 7.76. The number of amides is 1. The maximum atomic E-state index is 13.0. The first-order valence-electron chi connectivity index (χ1n) is 11.0. The number of nitrogens with one attached hydrogen (secondary N) is 1. The molecular weight excluding hydrogens is 418 g/mol. The molecule has 0 radical (unpaired) electrons. The van der Waals surface area contributed by atoms with Gasteiger partial charge in [0.1, 0.15) is 29.6 Å². The Morgan fingerprint density at radius 2 is 1.67 bits per heavy atom. The third-order valence-electron chi connectivity index (χ3n) is 5.20. The van der Waals surface area contributed by atoms with Crippen molar-refractivity contribution < 1.29 is 23.7 Å². The van der Waals surface area contributed by atoms with E-state index in [-0.39, 0.29) is 12.5 Å². The Bertz CT molecular complexity index is 1090. The van der Waals surface area contributed by atoms with Crippen molar-refractivity contribution in [3.8, 4) is 23.0 Å². The van der Waals surface area contributed by atoms with E-state index in [1.807, 2.05) is 25.1 Å². The molecule has 0 aliphatic heterocycles. The SMILES string of the molecule is CCOc1ccc(C(=O)Nc2ccc(OC)cc2OC)cc1COc1ccccc1C(C)C. The van der Waals surface area contributed by atoms with Gasteiger partial charge in [0.15, 0.2) is 0 Å². The second kappa shape index (κ2) is 11.3. The molecule has 3 rings (SSSR count). The zero-order valence-corrected chi connectivity index (χ0v) is 19.8. The summed E-state index contributed by atoms with van der Waals surface area (Å²) in [4.78, 5) is 13.0. The van der Waals surface area contributed by atoms with Gasteiger partial charge < -0.3 is 24.3 Å². The summed E-state index contributed by atoms with van der Waals surface area (Å²) < 4.78 is 22.5. The molecule has 3 aromatic rings. The van der Waals surface area contributed by atoms with Gasteiger partial charge in [0.05, 0.1) is 26.5 Å². The number of carbonyl (C=O) groups excluding carboxylic acids is 1. The van der Waals surface area contributed by atoms with Crippen molar-refractivity contribution >= 4 is 11.6 Å². The predicted molar refractivity (Wildman–Crippen MR) is 130 cm³/mol. The minimum atomic E-state index is -0.259. The van der Waals surface area contributed by atoms with Crippen LogP contribution in [-0.2, 0) is 6.61 Å².